The van der Waals surface area contributed by atoms with Gasteiger partial charge < -0.3 is 14.8 Å². The van der Waals surface area contributed by atoms with Crippen LogP contribution in [0.2, 0.25) is 0 Å². The van der Waals surface area contributed by atoms with Gasteiger partial charge >= 0.3 is 0 Å². The highest BCUT2D eigenvalue weighted by molar-refractivity contribution is 7.80. The first kappa shape index (κ1) is 18.3. The molecule has 1 aliphatic rings. The van der Waals surface area contributed by atoms with Crippen LogP contribution >= 0.6 is 12.2 Å². The summed E-state index contributed by atoms with van der Waals surface area (Å²) in [5.41, 5.74) is 0.386. The fraction of sp³-hybridized carbons (Fsp3) is 0.562. The maximum Gasteiger partial charge on any atom is 0.277 e. The molecule has 0 atom stereocenters. The van der Waals surface area contributed by atoms with E-state index in [1.165, 1.54) is 14.2 Å². The van der Waals surface area contributed by atoms with Crippen molar-refractivity contribution < 1.29 is 14.3 Å². The van der Waals surface area contributed by atoms with Crippen molar-refractivity contribution in [2.45, 2.75) is 20.3 Å². The van der Waals surface area contributed by atoms with E-state index in [9.17, 15) is 4.79 Å². The van der Waals surface area contributed by atoms with Crippen LogP contribution in [0.15, 0.2) is 12.1 Å². The van der Waals surface area contributed by atoms with Crippen molar-refractivity contribution in [2.24, 2.45) is 5.92 Å². The Kier molecular flexibility index (Phi) is 6.19. The molecule has 1 amide bonds. The molecule has 24 heavy (non-hydrogen) atoms. The molecule has 1 fully saturated rings. The first-order valence-electron chi connectivity index (χ1n) is 7.94. The molecule has 2 heterocycles. The van der Waals surface area contributed by atoms with Gasteiger partial charge in [0.25, 0.3) is 5.91 Å². The average Bonchev–Trinajstić information content (AvgIpc) is 3.08. The SMILES string of the molecule is COc1ccc(C(=O)N2CCCN2C(=S)NCC(C)C)c(OC)n1. The Hall–Kier alpha value is -2.09. The van der Waals surface area contributed by atoms with E-state index in [2.05, 4.69) is 24.1 Å². The summed E-state index contributed by atoms with van der Waals surface area (Å²) in [6.45, 7) is 6.30. The molecular weight excluding hydrogens is 328 g/mol. The Morgan fingerprint density at radius 1 is 1.29 bits per heavy atom. The lowest BCUT2D eigenvalue weighted by Gasteiger charge is -2.30. The first-order valence-corrected chi connectivity index (χ1v) is 8.35. The monoisotopic (exact) mass is 352 g/mol. The summed E-state index contributed by atoms with van der Waals surface area (Å²) in [4.78, 5) is 17.1. The predicted molar refractivity (Wildman–Crippen MR) is 95.1 cm³/mol. The molecule has 0 spiro atoms. The zero-order chi connectivity index (χ0) is 17.7. The van der Waals surface area contributed by atoms with E-state index < -0.39 is 0 Å². The number of pyridine rings is 1. The number of nitrogens with zero attached hydrogens (tertiary/aromatic N) is 3. The number of methoxy groups -OCH3 is 2. The second-order valence-electron chi connectivity index (χ2n) is 5.90. The van der Waals surface area contributed by atoms with Gasteiger partial charge in [-0.3, -0.25) is 9.80 Å². The molecular formula is C16H24N4O3S. The Morgan fingerprint density at radius 2 is 2.00 bits per heavy atom. The molecule has 0 unspecified atom stereocenters. The van der Waals surface area contributed by atoms with Gasteiger partial charge in [0, 0.05) is 25.7 Å². The smallest absolute Gasteiger partial charge is 0.277 e. The van der Waals surface area contributed by atoms with E-state index in [-0.39, 0.29) is 11.8 Å². The van der Waals surface area contributed by atoms with Crippen LogP contribution < -0.4 is 14.8 Å². The number of thiocarbonyl (C=S) groups is 1. The number of hydrogen-bond acceptors (Lipinski definition) is 5. The minimum atomic E-state index is -0.187. The fourth-order valence-electron chi connectivity index (χ4n) is 2.41. The highest BCUT2D eigenvalue weighted by atomic mass is 32.1. The zero-order valence-electron chi connectivity index (χ0n) is 14.5. The minimum Gasteiger partial charge on any atom is -0.481 e. The number of hydrogen-bond donors (Lipinski definition) is 1. The van der Waals surface area contributed by atoms with Gasteiger partial charge in [0.05, 0.1) is 14.2 Å². The van der Waals surface area contributed by atoms with Crippen molar-refractivity contribution in [1.29, 1.82) is 0 Å². The number of aromatic nitrogens is 1. The van der Waals surface area contributed by atoms with Gasteiger partial charge in [0.1, 0.15) is 5.56 Å². The van der Waals surface area contributed by atoms with E-state index >= 15 is 0 Å². The van der Waals surface area contributed by atoms with Crippen molar-refractivity contribution in [1.82, 2.24) is 20.3 Å². The van der Waals surface area contributed by atoms with Crippen molar-refractivity contribution in [3.05, 3.63) is 17.7 Å². The second-order valence-corrected chi connectivity index (χ2v) is 6.28. The number of carbonyl (C=O) groups excluding carboxylic acids is 1. The van der Waals surface area contributed by atoms with E-state index in [1.807, 2.05) is 5.01 Å². The fourth-order valence-corrected chi connectivity index (χ4v) is 2.68. The third kappa shape index (κ3) is 4.05. The lowest BCUT2D eigenvalue weighted by Crippen LogP contribution is -2.49. The molecule has 132 valence electrons. The van der Waals surface area contributed by atoms with Gasteiger partial charge in [-0.1, -0.05) is 13.8 Å². The number of ether oxygens (including phenoxy) is 2. The third-order valence-corrected chi connectivity index (χ3v) is 3.98. The Labute approximate surface area is 147 Å². The van der Waals surface area contributed by atoms with Crippen molar-refractivity contribution in [3.63, 3.8) is 0 Å². The molecule has 1 aromatic heterocycles. The molecule has 8 heteroatoms. The van der Waals surface area contributed by atoms with Gasteiger partial charge in [-0.25, -0.2) is 5.01 Å². The van der Waals surface area contributed by atoms with Crippen LogP contribution in [-0.4, -0.2) is 59.9 Å². The molecule has 1 saturated heterocycles. The molecule has 7 nitrogen and oxygen atoms in total. The molecule has 0 aliphatic carbocycles. The van der Waals surface area contributed by atoms with Crippen LogP contribution in [-0.2, 0) is 0 Å². The summed E-state index contributed by atoms with van der Waals surface area (Å²) in [5, 5.41) is 7.22. The Balaban J connectivity index is 2.17. The summed E-state index contributed by atoms with van der Waals surface area (Å²) in [6, 6.07) is 3.31. The maximum absolute atomic E-state index is 12.9. The number of rotatable bonds is 5. The van der Waals surface area contributed by atoms with Gasteiger partial charge in [0.15, 0.2) is 5.11 Å². The molecule has 1 aliphatic heterocycles. The maximum atomic E-state index is 12.9. The quantitative estimate of drug-likeness (QED) is 0.809. The van der Waals surface area contributed by atoms with Crippen LogP contribution in [0.3, 0.4) is 0 Å². The lowest BCUT2D eigenvalue weighted by molar-refractivity contribution is 0.0487. The topological polar surface area (TPSA) is 66.9 Å². The molecule has 0 radical (unpaired) electrons. The van der Waals surface area contributed by atoms with Gasteiger partial charge in [-0.05, 0) is 30.6 Å². The number of hydrazine groups is 1. The third-order valence-electron chi connectivity index (χ3n) is 3.63. The molecule has 2 rings (SSSR count). The molecule has 0 bridgehead atoms. The molecule has 1 aromatic rings. The normalized spacial score (nSPS) is 14.0. The van der Waals surface area contributed by atoms with Crippen LogP contribution in [0.5, 0.6) is 11.8 Å². The van der Waals surface area contributed by atoms with E-state index in [1.54, 1.807) is 17.1 Å². The highest BCUT2D eigenvalue weighted by Crippen LogP contribution is 2.24. The van der Waals surface area contributed by atoms with Gasteiger partial charge in [0.2, 0.25) is 11.8 Å². The van der Waals surface area contributed by atoms with Crippen molar-refractivity contribution in [3.8, 4) is 11.8 Å². The molecule has 0 aromatic carbocycles. The van der Waals surface area contributed by atoms with E-state index in [0.717, 1.165) is 13.0 Å². The van der Waals surface area contributed by atoms with Crippen LogP contribution in [0.1, 0.15) is 30.6 Å². The highest BCUT2D eigenvalue weighted by Gasteiger charge is 2.31. The largest absolute Gasteiger partial charge is 0.481 e. The summed E-state index contributed by atoms with van der Waals surface area (Å²) < 4.78 is 10.3. The number of carbonyl (C=O) groups is 1. The van der Waals surface area contributed by atoms with Crippen LogP contribution in [0.4, 0.5) is 0 Å². The molecule has 0 saturated carbocycles. The van der Waals surface area contributed by atoms with Crippen molar-refractivity contribution in [2.75, 3.05) is 33.9 Å². The number of nitrogens with one attached hydrogen (secondary N) is 1. The van der Waals surface area contributed by atoms with Gasteiger partial charge in [-0.15, -0.1) is 0 Å². The zero-order valence-corrected chi connectivity index (χ0v) is 15.4. The summed E-state index contributed by atoms with van der Waals surface area (Å²) >= 11 is 5.43. The minimum absolute atomic E-state index is 0.187. The first-order chi connectivity index (χ1) is 11.5. The summed E-state index contributed by atoms with van der Waals surface area (Å²) in [7, 11) is 3.00. The van der Waals surface area contributed by atoms with Crippen LogP contribution in [0.25, 0.3) is 0 Å². The standard InChI is InChI=1S/C16H24N4O3S/c1-11(2)10-17-16(24)20-9-5-8-19(20)15(21)12-6-7-13(22-3)18-14(12)23-4/h6-7,11H,5,8-10H2,1-4H3,(H,17,24). The second kappa shape index (κ2) is 8.14. The van der Waals surface area contributed by atoms with E-state index in [4.69, 9.17) is 21.7 Å². The predicted octanol–water partition coefficient (Wildman–Crippen LogP) is 1.69. The lowest BCUT2D eigenvalue weighted by atomic mass is 10.2. The Bertz CT molecular complexity index is 609. The summed E-state index contributed by atoms with van der Waals surface area (Å²) in [6.07, 6.45) is 0.862. The van der Waals surface area contributed by atoms with E-state index in [0.29, 0.717) is 35.6 Å². The van der Waals surface area contributed by atoms with Crippen molar-refractivity contribution >= 4 is 23.2 Å². The average molecular weight is 352 g/mol. The van der Waals surface area contributed by atoms with Gasteiger partial charge in [-0.2, -0.15) is 4.98 Å². The van der Waals surface area contributed by atoms with Crippen LogP contribution in [0, 0.1) is 5.92 Å². The summed E-state index contributed by atoms with van der Waals surface area (Å²) in [5.74, 6) is 0.928. The Morgan fingerprint density at radius 3 is 2.62 bits per heavy atom. The number of amides is 1. The molecule has 1 N–H and O–H groups in total.